The Labute approximate surface area is 168 Å². The number of nitrogens with two attached hydrogens (primary N) is 1. The Hall–Kier alpha value is -1.85. The van der Waals surface area contributed by atoms with Crippen molar-refractivity contribution < 1.29 is 8.42 Å². The summed E-state index contributed by atoms with van der Waals surface area (Å²) in [6, 6.07) is 7.28. The monoisotopic (exact) mass is 436 g/mol. The van der Waals surface area contributed by atoms with E-state index in [1.807, 2.05) is 17.5 Å². The number of hydrogen-bond acceptors (Lipinski definition) is 8. The second-order valence-electron chi connectivity index (χ2n) is 5.96. The first-order valence-corrected chi connectivity index (χ1v) is 12.1. The first-order chi connectivity index (χ1) is 12.8. The third-order valence-corrected chi connectivity index (χ3v) is 8.61. The van der Waals surface area contributed by atoms with Gasteiger partial charge in [-0.2, -0.15) is 0 Å². The normalized spacial score (nSPS) is 12.0. The van der Waals surface area contributed by atoms with Crippen LogP contribution in [-0.4, -0.2) is 18.4 Å². The first kappa shape index (κ1) is 18.5. The van der Waals surface area contributed by atoms with E-state index in [-0.39, 0.29) is 4.21 Å². The summed E-state index contributed by atoms with van der Waals surface area (Å²) in [5.74, 6) is 1.45. The molecule has 0 aliphatic heterocycles. The van der Waals surface area contributed by atoms with Crippen molar-refractivity contribution in [3.05, 3.63) is 45.0 Å². The second kappa shape index (κ2) is 6.95. The zero-order chi connectivity index (χ0) is 19.2. The minimum atomic E-state index is -3.67. The average molecular weight is 437 g/mol. The molecule has 0 aliphatic rings. The van der Waals surface area contributed by atoms with E-state index in [2.05, 4.69) is 19.2 Å². The van der Waals surface area contributed by atoms with E-state index in [4.69, 9.17) is 15.1 Å². The third kappa shape index (κ3) is 3.63. The van der Waals surface area contributed by atoms with Gasteiger partial charge in [0.2, 0.25) is 10.0 Å². The van der Waals surface area contributed by atoms with Crippen LogP contribution in [0.1, 0.15) is 15.3 Å². The molecule has 4 aromatic rings. The van der Waals surface area contributed by atoms with Gasteiger partial charge in [0, 0.05) is 9.75 Å². The molecular weight excluding hydrogens is 420 g/mol. The van der Waals surface area contributed by atoms with Gasteiger partial charge in [-0.25, -0.2) is 23.5 Å². The predicted octanol–water partition coefficient (Wildman–Crippen LogP) is 4.36. The number of sulfonamides is 1. The lowest BCUT2D eigenvalue weighted by Crippen LogP contribution is -2.09. The molecule has 140 valence electrons. The molecule has 10 heteroatoms. The molecule has 0 amide bonds. The van der Waals surface area contributed by atoms with Crippen LogP contribution in [0.3, 0.4) is 0 Å². The van der Waals surface area contributed by atoms with Gasteiger partial charge >= 0.3 is 0 Å². The average Bonchev–Trinajstić information content (AvgIpc) is 3.33. The van der Waals surface area contributed by atoms with E-state index in [0.29, 0.717) is 12.4 Å². The molecule has 27 heavy (non-hydrogen) atoms. The molecule has 0 aliphatic carbocycles. The van der Waals surface area contributed by atoms with Gasteiger partial charge in [0.25, 0.3) is 0 Å². The predicted molar refractivity (Wildman–Crippen MR) is 113 cm³/mol. The topological polar surface area (TPSA) is 98.0 Å². The van der Waals surface area contributed by atoms with Crippen LogP contribution in [0, 0.1) is 13.8 Å². The Balaban J connectivity index is 1.72. The summed E-state index contributed by atoms with van der Waals surface area (Å²) in [6.45, 7) is 4.61. The van der Waals surface area contributed by atoms with Crippen LogP contribution < -0.4 is 10.5 Å². The van der Waals surface area contributed by atoms with Crippen LogP contribution in [0.15, 0.2) is 33.9 Å². The minimum absolute atomic E-state index is 0.161. The summed E-state index contributed by atoms with van der Waals surface area (Å²) in [5.41, 5.74) is 1.16. The number of aryl methyl sites for hydroxylation is 2. The van der Waals surface area contributed by atoms with Crippen molar-refractivity contribution in [2.24, 2.45) is 5.14 Å². The second-order valence-corrected chi connectivity index (χ2v) is 11.1. The van der Waals surface area contributed by atoms with Gasteiger partial charge in [-0.15, -0.1) is 34.0 Å². The Morgan fingerprint density at radius 1 is 1.15 bits per heavy atom. The molecular formula is C17H16N4O2S4. The summed E-state index contributed by atoms with van der Waals surface area (Å²) in [7, 11) is -3.67. The van der Waals surface area contributed by atoms with Crippen molar-refractivity contribution in [1.82, 2.24) is 9.97 Å². The maximum atomic E-state index is 11.5. The summed E-state index contributed by atoms with van der Waals surface area (Å²) < 4.78 is 23.1. The smallest absolute Gasteiger partial charge is 0.247 e. The van der Waals surface area contributed by atoms with Crippen LogP contribution in [0.5, 0.6) is 0 Å². The number of fused-ring (bicyclic) bond motifs is 1. The highest BCUT2D eigenvalue weighted by Gasteiger charge is 2.17. The number of aromatic nitrogens is 2. The van der Waals surface area contributed by atoms with E-state index in [1.54, 1.807) is 28.7 Å². The summed E-state index contributed by atoms with van der Waals surface area (Å²) in [5, 5.41) is 11.6. The quantitative estimate of drug-likeness (QED) is 0.484. The molecule has 0 radical (unpaired) electrons. The van der Waals surface area contributed by atoms with Crippen LogP contribution in [-0.2, 0) is 16.6 Å². The van der Waals surface area contributed by atoms with Crippen molar-refractivity contribution in [3.8, 4) is 10.7 Å². The lowest BCUT2D eigenvalue weighted by Gasteiger charge is -2.08. The molecule has 0 saturated carbocycles. The van der Waals surface area contributed by atoms with Crippen LogP contribution in [0.25, 0.3) is 20.9 Å². The lowest BCUT2D eigenvalue weighted by atomic mass is 10.2. The fourth-order valence-corrected chi connectivity index (χ4v) is 6.08. The number of nitrogens with zero attached hydrogens (tertiary/aromatic N) is 2. The van der Waals surface area contributed by atoms with Gasteiger partial charge in [-0.3, -0.25) is 0 Å². The molecule has 0 aromatic carbocycles. The van der Waals surface area contributed by atoms with E-state index in [0.717, 1.165) is 42.7 Å². The standard InChI is InChI=1S/C17H16N4O2S4/c1-9-10(2)25-17-14(9)16(20-15(21-17)12-4-3-7-24-12)19-8-11-5-6-13(26-11)27(18,22)23/h3-7H,8H2,1-2H3,(H2,18,22,23)(H,19,20,21). The highest BCUT2D eigenvalue weighted by atomic mass is 32.2. The highest BCUT2D eigenvalue weighted by molar-refractivity contribution is 7.91. The number of hydrogen-bond donors (Lipinski definition) is 2. The van der Waals surface area contributed by atoms with Gasteiger partial charge in [-0.05, 0) is 43.0 Å². The molecule has 4 rings (SSSR count). The van der Waals surface area contributed by atoms with Gasteiger partial charge in [0.05, 0.1) is 16.8 Å². The van der Waals surface area contributed by atoms with Crippen LogP contribution >= 0.6 is 34.0 Å². The molecule has 4 heterocycles. The molecule has 0 bridgehead atoms. The minimum Gasteiger partial charge on any atom is -0.365 e. The van der Waals surface area contributed by atoms with E-state index in [9.17, 15) is 8.42 Å². The van der Waals surface area contributed by atoms with E-state index in [1.165, 1.54) is 10.9 Å². The van der Waals surface area contributed by atoms with Gasteiger partial charge in [-0.1, -0.05) is 6.07 Å². The largest absolute Gasteiger partial charge is 0.365 e. The number of anilines is 1. The molecule has 3 N–H and O–H groups in total. The van der Waals surface area contributed by atoms with E-state index >= 15 is 0 Å². The number of nitrogens with one attached hydrogen (secondary N) is 1. The number of primary sulfonamides is 1. The van der Waals surface area contributed by atoms with E-state index < -0.39 is 10.0 Å². The molecule has 0 atom stereocenters. The number of thiophene rings is 3. The third-order valence-electron chi connectivity index (χ3n) is 4.12. The molecule has 0 saturated heterocycles. The van der Waals surface area contributed by atoms with Crippen molar-refractivity contribution in [2.45, 2.75) is 24.6 Å². The molecule has 4 aromatic heterocycles. The summed E-state index contributed by atoms with van der Waals surface area (Å²) in [6.07, 6.45) is 0. The van der Waals surface area contributed by atoms with Gasteiger partial charge in [0.1, 0.15) is 14.9 Å². The van der Waals surface area contributed by atoms with Crippen molar-refractivity contribution in [1.29, 1.82) is 0 Å². The molecule has 0 fully saturated rings. The Morgan fingerprint density at radius 3 is 2.63 bits per heavy atom. The van der Waals surface area contributed by atoms with Crippen molar-refractivity contribution in [3.63, 3.8) is 0 Å². The molecule has 0 unspecified atom stereocenters. The summed E-state index contributed by atoms with van der Waals surface area (Å²) in [4.78, 5) is 13.5. The fraction of sp³-hybridized carbons (Fsp3) is 0.176. The summed E-state index contributed by atoms with van der Waals surface area (Å²) >= 11 is 4.41. The maximum Gasteiger partial charge on any atom is 0.247 e. The first-order valence-electron chi connectivity index (χ1n) is 8.00. The van der Waals surface area contributed by atoms with Gasteiger partial charge < -0.3 is 5.32 Å². The Bertz CT molecular complexity index is 1220. The zero-order valence-electron chi connectivity index (χ0n) is 14.5. The molecule has 6 nitrogen and oxygen atoms in total. The maximum absolute atomic E-state index is 11.5. The van der Waals surface area contributed by atoms with Gasteiger partial charge in [0.15, 0.2) is 5.82 Å². The zero-order valence-corrected chi connectivity index (χ0v) is 17.8. The van der Waals surface area contributed by atoms with Crippen LogP contribution in [0.2, 0.25) is 0 Å². The Morgan fingerprint density at radius 2 is 1.96 bits per heavy atom. The number of rotatable bonds is 5. The SMILES string of the molecule is Cc1sc2nc(-c3cccs3)nc(NCc3ccc(S(N)(=O)=O)s3)c2c1C. The van der Waals surface area contributed by atoms with Crippen molar-refractivity contribution >= 4 is 60.1 Å². The fourth-order valence-electron chi connectivity index (χ4n) is 2.67. The lowest BCUT2D eigenvalue weighted by molar-refractivity contribution is 0.600. The Kier molecular flexibility index (Phi) is 4.77. The van der Waals surface area contributed by atoms with Crippen LogP contribution in [0.4, 0.5) is 5.82 Å². The molecule has 0 spiro atoms. The van der Waals surface area contributed by atoms with Crippen molar-refractivity contribution in [2.75, 3.05) is 5.32 Å². The highest BCUT2D eigenvalue weighted by Crippen LogP contribution is 2.36.